The van der Waals surface area contributed by atoms with Crippen molar-refractivity contribution in [1.82, 2.24) is 9.88 Å². The molecule has 22 heavy (non-hydrogen) atoms. The molecule has 2 N–H and O–H groups in total. The zero-order valence-electron chi connectivity index (χ0n) is 12.7. The van der Waals surface area contributed by atoms with Gasteiger partial charge in [0.15, 0.2) is 0 Å². The molecule has 2 aromatic rings. The lowest BCUT2D eigenvalue weighted by Gasteiger charge is -2.41. The molecule has 0 bridgehead atoms. The van der Waals surface area contributed by atoms with Crippen LogP contribution in [-0.4, -0.2) is 40.1 Å². The number of fused-ring (bicyclic) bond motifs is 2. The summed E-state index contributed by atoms with van der Waals surface area (Å²) in [6.45, 7) is 3.72. The Balaban J connectivity index is 1.89. The number of hydrogen-bond donors (Lipinski definition) is 2. The Bertz CT molecular complexity index is 774. The molecule has 0 fully saturated rings. The lowest BCUT2D eigenvalue weighted by atomic mass is 9.79. The normalized spacial score (nSPS) is 24.1. The molecule has 4 heteroatoms. The van der Waals surface area contributed by atoms with Gasteiger partial charge < -0.3 is 10.1 Å². The van der Waals surface area contributed by atoms with Crippen molar-refractivity contribution in [3.63, 3.8) is 0 Å². The average molecular weight is 296 g/mol. The minimum Gasteiger partial charge on any atom is -0.481 e. The van der Waals surface area contributed by atoms with E-state index in [1.165, 1.54) is 22.1 Å². The average Bonchev–Trinajstić information content (AvgIpc) is 2.93. The highest BCUT2D eigenvalue weighted by molar-refractivity contribution is 5.99. The summed E-state index contributed by atoms with van der Waals surface area (Å²) in [4.78, 5) is 17.2. The molecule has 0 amide bonds. The molecule has 2 atom stereocenters. The van der Waals surface area contributed by atoms with Crippen LogP contribution in [0.4, 0.5) is 0 Å². The van der Waals surface area contributed by atoms with Crippen molar-refractivity contribution < 1.29 is 9.90 Å². The Hall–Kier alpha value is -2.07. The van der Waals surface area contributed by atoms with Gasteiger partial charge in [0, 0.05) is 29.7 Å². The number of benzene rings is 1. The zero-order chi connectivity index (χ0) is 15.3. The number of aromatic amines is 1. The summed E-state index contributed by atoms with van der Waals surface area (Å²) in [5.74, 6) is -1.13. The number of nitrogens with one attached hydrogen (secondary N) is 1. The van der Waals surface area contributed by atoms with Gasteiger partial charge in [0.25, 0.3) is 0 Å². The fourth-order valence-corrected chi connectivity index (χ4v) is 4.01. The number of hydrogen-bond acceptors (Lipinski definition) is 2. The highest BCUT2D eigenvalue weighted by Gasteiger charge is 2.36. The lowest BCUT2D eigenvalue weighted by Crippen LogP contribution is -2.46. The van der Waals surface area contributed by atoms with Crippen molar-refractivity contribution in [2.45, 2.75) is 25.8 Å². The van der Waals surface area contributed by atoms with E-state index in [1.54, 1.807) is 0 Å². The van der Waals surface area contributed by atoms with E-state index < -0.39 is 11.9 Å². The largest absolute Gasteiger partial charge is 0.481 e. The third kappa shape index (κ3) is 1.91. The standard InChI is InChI=1S/C18H20N2O2/c1-2-6-20-10-12(18(21)22)7-14-13-4-3-5-15-17(13)11(9-19-15)8-16(14)20/h3-5,7,9,12,16,19H,2,6,8,10H2,1H3,(H,21,22)/t12-,16-/m1/s1. The lowest BCUT2D eigenvalue weighted by molar-refractivity contribution is -0.140. The molecule has 1 aromatic heterocycles. The topological polar surface area (TPSA) is 56.3 Å². The summed E-state index contributed by atoms with van der Waals surface area (Å²) < 4.78 is 0. The van der Waals surface area contributed by atoms with Gasteiger partial charge in [-0.15, -0.1) is 0 Å². The van der Waals surface area contributed by atoms with Crippen LogP contribution in [0.1, 0.15) is 24.5 Å². The second kappa shape index (κ2) is 4.99. The molecule has 0 saturated carbocycles. The predicted octanol–water partition coefficient (Wildman–Crippen LogP) is 2.90. The SMILES string of the molecule is CCCN1C[C@H](C(=O)O)C=C2c3cccc4[nH]cc(c34)C[C@H]21. The minimum absolute atomic E-state index is 0.310. The number of aromatic nitrogens is 1. The van der Waals surface area contributed by atoms with E-state index in [2.05, 4.69) is 41.2 Å². The molecule has 0 radical (unpaired) electrons. The molecule has 114 valence electrons. The van der Waals surface area contributed by atoms with Crippen LogP contribution >= 0.6 is 0 Å². The van der Waals surface area contributed by atoms with E-state index in [0.29, 0.717) is 12.6 Å². The summed E-state index contributed by atoms with van der Waals surface area (Å²) in [7, 11) is 0. The van der Waals surface area contributed by atoms with E-state index in [9.17, 15) is 9.90 Å². The highest BCUT2D eigenvalue weighted by Crippen LogP contribution is 2.41. The zero-order valence-corrected chi connectivity index (χ0v) is 12.7. The van der Waals surface area contributed by atoms with Crippen LogP contribution in [-0.2, 0) is 11.2 Å². The Morgan fingerprint density at radius 1 is 1.45 bits per heavy atom. The van der Waals surface area contributed by atoms with E-state index in [-0.39, 0.29) is 0 Å². The molecular weight excluding hydrogens is 276 g/mol. The first kappa shape index (κ1) is 13.6. The van der Waals surface area contributed by atoms with E-state index >= 15 is 0 Å². The third-order valence-corrected chi connectivity index (χ3v) is 4.95. The molecule has 2 heterocycles. The van der Waals surface area contributed by atoms with Crippen molar-refractivity contribution in [3.05, 3.63) is 41.6 Å². The van der Waals surface area contributed by atoms with Crippen LogP contribution < -0.4 is 0 Å². The van der Waals surface area contributed by atoms with Gasteiger partial charge in [0.1, 0.15) is 0 Å². The molecule has 2 aliphatic rings. The highest BCUT2D eigenvalue weighted by atomic mass is 16.4. The van der Waals surface area contributed by atoms with Crippen LogP contribution in [0.5, 0.6) is 0 Å². The number of rotatable bonds is 3. The van der Waals surface area contributed by atoms with Crippen LogP contribution in [0.25, 0.3) is 16.5 Å². The summed E-state index contributed by atoms with van der Waals surface area (Å²) in [5.41, 5.74) is 4.90. The second-order valence-corrected chi connectivity index (χ2v) is 6.32. The van der Waals surface area contributed by atoms with Crippen LogP contribution in [0, 0.1) is 5.92 Å². The van der Waals surface area contributed by atoms with Crippen molar-refractivity contribution in [2.75, 3.05) is 13.1 Å². The summed E-state index contributed by atoms with van der Waals surface area (Å²) in [5, 5.41) is 10.8. The fraction of sp³-hybridized carbons (Fsp3) is 0.389. The quantitative estimate of drug-likeness (QED) is 0.915. The van der Waals surface area contributed by atoms with Gasteiger partial charge >= 0.3 is 5.97 Å². The number of carbonyl (C=O) groups is 1. The Labute approximate surface area is 129 Å². The number of aliphatic carboxylic acids is 1. The van der Waals surface area contributed by atoms with Gasteiger partial charge in [-0.25, -0.2) is 0 Å². The maximum Gasteiger partial charge on any atom is 0.311 e. The summed E-state index contributed by atoms with van der Waals surface area (Å²) in [6.07, 6.45) is 6.11. The molecule has 1 aliphatic carbocycles. The first-order chi connectivity index (χ1) is 10.7. The molecule has 0 spiro atoms. The van der Waals surface area contributed by atoms with Gasteiger partial charge in [-0.1, -0.05) is 25.1 Å². The second-order valence-electron chi connectivity index (χ2n) is 6.32. The van der Waals surface area contributed by atoms with Gasteiger partial charge in [0.05, 0.1) is 5.92 Å². The van der Waals surface area contributed by atoms with Gasteiger partial charge in [0.2, 0.25) is 0 Å². The van der Waals surface area contributed by atoms with E-state index in [0.717, 1.165) is 24.9 Å². The van der Waals surface area contributed by atoms with Crippen LogP contribution in [0.3, 0.4) is 0 Å². The Morgan fingerprint density at radius 3 is 3.09 bits per heavy atom. The van der Waals surface area contributed by atoms with Crippen molar-refractivity contribution in [1.29, 1.82) is 0 Å². The maximum absolute atomic E-state index is 11.5. The van der Waals surface area contributed by atoms with Gasteiger partial charge in [-0.2, -0.15) is 0 Å². The first-order valence-corrected chi connectivity index (χ1v) is 7.97. The fourth-order valence-electron chi connectivity index (χ4n) is 4.01. The molecule has 4 rings (SSSR count). The smallest absolute Gasteiger partial charge is 0.311 e. The van der Waals surface area contributed by atoms with Crippen LogP contribution in [0.15, 0.2) is 30.5 Å². The molecule has 1 aromatic carbocycles. The van der Waals surface area contributed by atoms with E-state index in [4.69, 9.17) is 0 Å². The molecule has 0 unspecified atom stereocenters. The number of H-pyrrole nitrogens is 1. The molecule has 4 nitrogen and oxygen atoms in total. The van der Waals surface area contributed by atoms with Crippen molar-refractivity contribution >= 4 is 22.4 Å². The minimum atomic E-state index is -0.723. The molecule has 0 saturated heterocycles. The number of nitrogens with zero attached hydrogens (tertiary/aromatic N) is 1. The number of carboxylic acid groups (broad SMARTS) is 1. The van der Waals surface area contributed by atoms with Gasteiger partial charge in [-0.05, 0) is 42.2 Å². The molecular formula is C18H20N2O2. The Morgan fingerprint density at radius 2 is 2.32 bits per heavy atom. The predicted molar refractivity (Wildman–Crippen MR) is 86.8 cm³/mol. The maximum atomic E-state index is 11.5. The van der Waals surface area contributed by atoms with Crippen LogP contribution in [0.2, 0.25) is 0 Å². The monoisotopic (exact) mass is 296 g/mol. The first-order valence-electron chi connectivity index (χ1n) is 7.97. The number of carboxylic acids is 1. The third-order valence-electron chi connectivity index (χ3n) is 4.95. The van der Waals surface area contributed by atoms with Crippen molar-refractivity contribution in [3.8, 4) is 0 Å². The van der Waals surface area contributed by atoms with E-state index in [1.807, 2.05) is 6.08 Å². The molecule has 1 aliphatic heterocycles. The Kier molecular flexibility index (Phi) is 3.08. The summed E-state index contributed by atoms with van der Waals surface area (Å²) in [6, 6.07) is 6.58. The summed E-state index contributed by atoms with van der Waals surface area (Å²) >= 11 is 0. The van der Waals surface area contributed by atoms with Crippen molar-refractivity contribution in [2.24, 2.45) is 5.92 Å². The van der Waals surface area contributed by atoms with Gasteiger partial charge in [-0.3, -0.25) is 9.69 Å².